The third-order valence-corrected chi connectivity index (χ3v) is 3.44. The van der Waals surface area contributed by atoms with Crippen LogP contribution < -0.4 is 10.6 Å². The fraction of sp³-hybridized carbons (Fsp3) is 0.500. The summed E-state index contributed by atoms with van der Waals surface area (Å²) in [7, 11) is 1.89. The van der Waals surface area contributed by atoms with Gasteiger partial charge in [0.2, 0.25) is 0 Å². The summed E-state index contributed by atoms with van der Waals surface area (Å²) < 4.78 is 0. The fourth-order valence-electron chi connectivity index (χ4n) is 2.35. The van der Waals surface area contributed by atoms with Crippen molar-refractivity contribution in [2.75, 3.05) is 43.9 Å². The van der Waals surface area contributed by atoms with Crippen LogP contribution in [0.5, 0.6) is 0 Å². The third-order valence-electron chi connectivity index (χ3n) is 3.44. The molecule has 0 bridgehead atoms. The number of nitrogens with one attached hydrogen (secondary N) is 3. The molecule has 3 N–H and O–H groups in total. The van der Waals surface area contributed by atoms with Gasteiger partial charge in [-0.15, -0.1) is 0 Å². The summed E-state index contributed by atoms with van der Waals surface area (Å²) in [4.78, 5) is 2.49. The number of anilines is 2. The van der Waals surface area contributed by atoms with Gasteiger partial charge in [-0.3, -0.25) is 0 Å². The first-order valence-electron chi connectivity index (χ1n) is 6.62. The summed E-state index contributed by atoms with van der Waals surface area (Å²) >= 11 is 0. The van der Waals surface area contributed by atoms with Gasteiger partial charge in [0.05, 0.1) is 0 Å². The third kappa shape index (κ3) is 3.23. The maximum Gasteiger partial charge on any atom is 0.0431 e. The second-order valence-corrected chi connectivity index (χ2v) is 4.67. The van der Waals surface area contributed by atoms with E-state index in [4.69, 9.17) is 5.41 Å². The molecule has 18 heavy (non-hydrogen) atoms. The van der Waals surface area contributed by atoms with Gasteiger partial charge >= 0.3 is 0 Å². The van der Waals surface area contributed by atoms with Crippen molar-refractivity contribution in [1.29, 1.82) is 5.41 Å². The second kappa shape index (κ2) is 6.40. The van der Waals surface area contributed by atoms with Gasteiger partial charge in [0.25, 0.3) is 0 Å². The molecule has 0 radical (unpaired) electrons. The standard InChI is InChI=1S/C14H22N4/c1-16-13-4-5-14(12(10-13)11-15)17-6-9-18-7-2-3-8-18/h4-5,10-11,15-17H,2-3,6-9H2,1H3. The monoisotopic (exact) mass is 246 g/mol. The number of hydrogen-bond donors (Lipinski definition) is 3. The highest BCUT2D eigenvalue weighted by Gasteiger charge is 2.10. The SMILES string of the molecule is CNc1ccc(NCCN2CCCC2)c(C=N)c1. The minimum Gasteiger partial charge on any atom is -0.388 e. The van der Waals surface area contributed by atoms with Crippen molar-refractivity contribution in [3.05, 3.63) is 23.8 Å². The highest BCUT2D eigenvalue weighted by atomic mass is 15.1. The Bertz CT molecular complexity index is 397. The Morgan fingerprint density at radius 2 is 2.11 bits per heavy atom. The summed E-state index contributed by atoms with van der Waals surface area (Å²) in [6.07, 6.45) is 4.07. The predicted molar refractivity (Wildman–Crippen MR) is 78.0 cm³/mol. The quantitative estimate of drug-likeness (QED) is 0.675. The molecule has 4 nitrogen and oxygen atoms in total. The average Bonchev–Trinajstić information content (AvgIpc) is 2.92. The Morgan fingerprint density at radius 1 is 1.33 bits per heavy atom. The van der Waals surface area contributed by atoms with Crippen LogP contribution in [0.2, 0.25) is 0 Å². The molecule has 1 heterocycles. The van der Waals surface area contributed by atoms with E-state index in [9.17, 15) is 0 Å². The largest absolute Gasteiger partial charge is 0.388 e. The molecule has 0 spiro atoms. The Morgan fingerprint density at radius 3 is 2.78 bits per heavy atom. The molecule has 1 saturated heterocycles. The van der Waals surface area contributed by atoms with Crippen molar-refractivity contribution in [3.63, 3.8) is 0 Å². The summed E-state index contributed by atoms with van der Waals surface area (Å²) in [5, 5.41) is 14.0. The molecule has 0 aliphatic carbocycles. The molecular formula is C14H22N4. The highest BCUT2D eigenvalue weighted by Crippen LogP contribution is 2.18. The van der Waals surface area contributed by atoms with Crippen LogP contribution in [0.25, 0.3) is 0 Å². The molecular weight excluding hydrogens is 224 g/mol. The van der Waals surface area contributed by atoms with E-state index in [1.54, 1.807) is 0 Å². The van der Waals surface area contributed by atoms with Crippen LogP contribution in [-0.4, -0.2) is 44.3 Å². The van der Waals surface area contributed by atoms with Crippen LogP contribution in [0, 0.1) is 5.41 Å². The fourth-order valence-corrected chi connectivity index (χ4v) is 2.35. The first-order valence-corrected chi connectivity index (χ1v) is 6.62. The van der Waals surface area contributed by atoms with E-state index < -0.39 is 0 Å². The Kier molecular flexibility index (Phi) is 4.59. The lowest BCUT2D eigenvalue weighted by atomic mass is 10.1. The van der Waals surface area contributed by atoms with Gasteiger partial charge in [0.1, 0.15) is 0 Å². The summed E-state index contributed by atoms with van der Waals surface area (Å²) in [6.45, 7) is 4.50. The van der Waals surface area contributed by atoms with Crippen LogP contribution in [-0.2, 0) is 0 Å². The van der Waals surface area contributed by atoms with Crippen LogP contribution >= 0.6 is 0 Å². The van der Waals surface area contributed by atoms with E-state index in [1.807, 2.05) is 25.2 Å². The van der Waals surface area contributed by atoms with Crippen molar-refractivity contribution in [3.8, 4) is 0 Å². The Hall–Kier alpha value is -1.55. The van der Waals surface area contributed by atoms with E-state index in [0.29, 0.717) is 0 Å². The number of hydrogen-bond acceptors (Lipinski definition) is 4. The second-order valence-electron chi connectivity index (χ2n) is 4.67. The number of benzene rings is 1. The van der Waals surface area contributed by atoms with Crippen molar-refractivity contribution in [2.24, 2.45) is 0 Å². The Balaban J connectivity index is 1.89. The maximum atomic E-state index is 7.46. The van der Waals surface area contributed by atoms with Crippen molar-refractivity contribution >= 4 is 17.6 Å². The van der Waals surface area contributed by atoms with Gasteiger partial charge in [-0.25, -0.2) is 0 Å². The first-order chi connectivity index (χ1) is 8.83. The van der Waals surface area contributed by atoms with Crippen LogP contribution in [0.15, 0.2) is 18.2 Å². The molecule has 4 heteroatoms. The molecule has 0 amide bonds. The van der Waals surface area contributed by atoms with E-state index in [2.05, 4.69) is 15.5 Å². The average molecular weight is 246 g/mol. The highest BCUT2D eigenvalue weighted by molar-refractivity contribution is 5.87. The number of likely N-dealkylation sites (tertiary alicyclic amines) is 1. The van der Waals surface area contributed by atoms with Crippen LogP contribution in [0.4, 0.5) is 11.4 Å². The molecule has 1 aliphatic rings. The number of rotatable bonds is 6. The molecule has 1 aromatic carbocycles. The van der Waals surface area contributed by atoms with Gasteiger partial charge < -0.3 is 20.9 Å². The molecule has 0 atom stereocenters. The zero-order valence-electron chi connectivity index (χ0n) is 11.0. The van der Waals surface area contributed by atoms with Gasteiger partial charge in [0.15, 0.2) is 0 Å². The predicted octanol–water partition coefficient (Wildman–Crippen LogP) is 2.23. The molecule has 0 unspecified atom stereocenters. The van der Waals surface area contributed by atoms with Crippen LogP contribution in [0.3, 0.4) is 0 Å². The summed E-state index contributed by atoms with van der Waals surface area (Å²) in [5.74, 6) is 0. The lowest BCUT2D eigenvalue weighted by molar-refractivity contribution is 0.352. The lowest BCUT2D eigenvalue weighted by Crippen LogP contribution is -2.26. The van der Waals surface area contributed by atoms with E-state index in [-0.39, 0.29) is 0 Å². The minimum atomic E-state index is 0.934. The topological polar surface area (TPSA) is 51.1 Å². The zero-order valence-corrected chi connectivity index (χ0v) is 11.0. The zero-order chi connectivity index (χ0) is 12.8. The van der Waals surface area contributed by atoms with Crippen molar-refractivity contribution < 1.29 is 0 Å². The smallest absolute Gasteiger partial charge is 0.0431 e. The van der Waals surface area contributed by atoms with Gasteiger partial charge in [-0.05, 0) is 44.1 Å². The van der Waals surface area contributed by atoms with Gasteiger partial charge in [-0.1, -0.05) is 0 Å². The minimum absolute atomic E-state index is 0.934. The molecule has 0 aromatic heterocycles. The van der Waals surface area contributed by atoms with E-state index in [0.717, 1.165) is 30.0 Å². The number of nitrogens with zero attached hydrogens (tertiary/aromatic N) is 1. The molecule has 1 aromatic rings. The summed E-state index contributed by atoms with van der Waals surface area (Å²) in [5.41, 5.74) is 3.02. The summed E-state index contributed by atoms with van der Waals surface area (Å²) in [6, 6.07) is 6.06. The van der Waals surface area contributed by atoms with Crippen molar-refractivity contribution in [2.45, 2.75) is 12.8 Å². The molecule has 98 valence electrons. The van der Waals surface area contributed by atoms with Gasteiger partial charge in [0, 0.05) is 43.3 Å². The molecule has 1 aliphatic heterocycles. The van der Waals surface area contributed by atoms with Crippen LogP contribution in [0.1, 0.15) is 18.4 Å². The van der Waals surface area contributed by atoms with Gasteiger partial charge in [-0.2, -0.15) is 0 Å². The molecule has 2 rings (SSSR count). The first kappa shape index (κ1) is 12.9. The molecule has 1 fully saturated rings. The lowest BCUT2D eigenvalue weighted by Gasteiger charge is -2.16. The van der Waals surface area contributed by atoms with Crippen molar-refractivity contribution in [1.82, 2.24) is 4.90 Å². The van der Waals surface area contributed by atoms with E-state index >= 15 is 0 Å². The molecule has 0 saturated carbocycles. The van der Waals surface area contributed by atoms with E-state index in [1.165, 1.54) is 32.1 Å². The normalized spacial score (nSPS) is 15.6. The maximum absolute atomic E-state index is 7.46. The Labute approximate surface area is 109 Å².